The summed E-state index contributed by atoms with van der Waals surface area (Å²) < 4.78 is 6.17. The van der Waals surface area contributed by atoms with Gasteiger partial charge in [-0.05, 0) is 56.8 Å². The molecule has 2 nitrogen and oxygen atoms in total. The molecule has 1 aliphatic heterocycles. The van der Waals surface area contributed by atoms with Crippen molar-refractivity contribution >= 4 is 0 Å². The lowest BCUT2D eigenvalue weighted by Gasteiger charge is -2.47. The molecule has 0 aromatic carbocycles. The second-order valence-corrected chi connectivity index (χ2v) is 7.76. The molecule has 0 bridgehead atoms. The second-order valence-electron chi connectivity index (χ2n) is 7.76. The lowest BCUT2D eigenvalue weighted by Crippen LogP contribution is -2.53. The molecule has 2 spiro atoms. The van der Waals surface area contributed by atoms with Crippen molar-refractivity contribution in [3.63, 3.8) is 0 Å². The van der Waals surface area contributed by atoms with E-state index < -0.39 is 0 Å². The van der Waals surface area contributed by atoms with Gasteiger partial charge in [-0.3, -0.25) is 0 Å². The van der Waals surface area contributed by atoms with Crippen LogP contribution in [0.1, 0.15) is 77.0 Å². The van der Waals surface area contributed by atoms with Gasteiger partial charge in [-0.15, -0.1) is 0 Å². The van der Waals surface area contributed by atoms with E-state index in [1.165, 1.54) is 77.0 Å². The van der Waals surface area contributed by atoms with Crippen molar-refractivity contribution in [2.75, 3.05) is 6.61 Å². The van der Waals surface area contributed by atoms with Gasteiger partial charge in [0.15, 0.2) is 0 Å². The van der Waals surface area contributed by atoms with Crippen LogP contribution in [0.3, 0.4) is 0 Å². The monoisotopic (exact) mass is 263 g/mol. The maximum atomic E-state index is 6.17. The number of hydrogen-bond acceptors (Lipinski definition) is 2. The Balaban J connectivity index is 1.39. The van der Waals surface area contributed by atoms with Gasteiger partial charge >= 0.3 is 0 Å². The third-order valence-electron chi connectivity index (χ3n) is 6.70. The van der Waals surface area contributed by atoms with Crippen molar-refractivity contribution in [3.05, 3.63) is 0 Å². The predicted octanol–water partition coefficient (Wildman–Crippen LogP) is 3.79. The predicted molar refractivity (Wildman–Crippen MR) is 77.2 cm³/mol. The van der Waals surface area contributed by atoms with Gasteiger partial charge in [0, 0.05) is 18.7 Å². The molecule has 2 atom stereocenters. The molecule has 19 heavy (non-hydrogen) atoms. The minimum atomic E-state index is 0.279. The summed E-state index contributed by atoms with van der Waals surface area (Å²) in [5.41, 5.74) is 1.00. The van der Waals surface area contributed by atoms with Gasteiger partial charge in [-0.1, -0.05) is 25.7 Å². The average Bonchev–Trinajstić information content (AvgIpc) is 2.96. The smallest absolute Gasteiger partial charge is 0.0697 e. The molecule has 1 N–H and O–H groups in total. The maximum Gasteiger partial charge on any atom is 0.0697 e. The first-order chi connectivity index (χ1) is 9.30. The van der Waals surface area contributed by atoms with E-state index in [9.17, 15) is 0 Å². The molecular weight excluding hydrogens is 234 g/mol. The van der Waals surface area contributed by atoms with Crippen LogP contribution in [0.5, 0.6) is 0 Å². The summed E-state index contributed by atoms with van der Waals surface area (Å²) in [5.74, 6) is 0. The first kappa shape index (κ1) is 12.6. The second kappa shape index (κ2) is 4.73. The minimum Gasteiger partial charge on any atom is -0.375 e. The zero-order valence-electron chi connectivity index (χ0n) is 12.3. The van der Waals surface area contributed by atoms with Crippen LogP contribution in [0.25, 0.3) is 0 Å². The van der Waals surface area contributed by atoms with Gasteiger partial charge in [0.05, 0.1) is 5.60 Å². The highest BCUT2D eigenvalue weighted by atomic mass is 16.5. The SMILES string of the molecule is C1CCC2(C1)CC(NC1CCCC13CCC3)CCO2. The van der Waals surface area contributed by atoms with E-state index in [1.807, 2.05) is 0 Å². The number of ether oxygens (including phenoxy) is 1. The normalized spacial score (nSPS) is 39.8. The van der Waals surface area contributed by atoms with E-state index in [1.54, 1.807) is 0 Å². The molecule has 4 aliphatic rings. The van der Waals surface area contributed by atoms with Crippen LogP contribution in [0.4, 0.5) is 0 Å². The van der Waals surface area contributed by atoms with E-state index in [-0.39, 0.29) is 5.60 Å². The van der Waals surface area contributed by atoms with E-state index in [0.717, 1.165) is 24.1 Å². The fourth-order valence-electron chi connectivity index (χ4n) is 5.45. The molecular formula is C17H29NO. The minimum absolute atomic E-state index is 0.279. The van der Waals surface area contributed by atoms with Gasteiger partial charge < -0.3 is 10.1 Å². The van der Waals surface area contributed by atoms with E-state index in [0.29, 0.717) is 0 Å². The van der Waals surface area contributed by atoms with Crippen molar-refractivity contribution in [3.8, 4) is 0 Å². The van der Waals surface area contributed by atoms with Gasteiger partial charge in [-0.2, -0.15) is 0 Å². The lowest BCUT2D eigenvalue weighted by atomic mass is 9.65. The summed E-state index contributed by atoms with van der Waals surface area (Å²) in [7, 11) is 0. The molecule has 3 saturated carbocycles. The highest BCUT2D eigenvalue weighted by Gasteiger charge is 2.48. The fraction of sp³-hybridized carbons (Fsp3) is 1.00. The quantitative estimate of drug-likeness (QED) is 0.818. The molecule has 4 rings (SSSR count). The van der Waals surface area contributed by atoms with Gasteiger partial charge in [0.25, 0.3) is 0 Å². The largest absolute Gasteiger partial charge is 0.375 e. The molecule has 3 aliphatic carbocycles. The van der Waals surface area contributed by atoms with Crippen LogP contribution in [0.15, 0.2) is 0 Å². The summed E-state index contributed by atoms with van der Waals surface area (Å²) in [5, 5.41) is 4.08. The van der Waals surface area contributed by atoms with Crippen LogP contribution in [-0.4, -0.2) is 24.3 Å². The molecule has 0 aromatic rings. The fourth-order valence-corrected chi connectivity index (χ4v) is 5.45. The number of nitrogens with one attached hydrogen (secondary N) is 1. The Kier molecular flexibility index (Phi) is 3.15. The summed E-state index contributed by atoms with van der Waals surface area (Å²) in [6.07, 6.45) is 16.8. The summed E-state index contributed by atoms with van der Waals surface area (Å²) in [4.78, 5) is 0. The molecule has 2 unspecified atom stereocenters. The van der Waals surface area contributed by atoms with Crippen LogP contribution >= 0.6 is 0 Å². The van der Waals surface area contributed by atoms with Gasteiger partial charge in [-0.25, -0.2) is 0 Å². The number of hydrogen-bond donors (Lipinski definition) is 1. The zero-order valence-corrected chi connectivity index (χ0v) is 12.3. The summed E-state index contributed by atoms with van der Waals surface area (Å²) in [6, 6.07) is 1.58. The topological polar surface area (TPSA) is 21.3 Å². The van der Waals surface area contributed by atoms with Crippen molar-refractivity contribution in [1.29, 1.82) is 0 Å². The highest BCUT2D eigenvalue weighted by Crippen LogP contribution is 2.53. The van der Waals surface area contributed by atoms with E-state index in [2.05, 4.69) is 5.32 Å². The van der Waals surface area contributed by atoms with E-state index >= 15 is 0 Å². The van der Waals surface area contributed by atoms with Crippen LogP contribution in [0, 0.1) is 5.41 Å². The summed E-state index contributed by atoms with van der Waals surface area (Å²) in [6.45, 7) is 0.997. The standard InChI is InChI=1S/C17H29NO/c1-2-11-17(10-1)13-14(6-12-19-17)18-15-5-3-7-16(15)8-4-9-16/h14-15,18H,1-13H2. The molecule has 108 valence electrons. The lowest BCUT2D eigenvalue weighted by molar-refractivity contribution is -0.0872. The summed E-state index contributed by atoms with van der Waals surface area (Å²) >= 11 is 0. The maximum absolute atomic E-state index is 6.17. The Hall–Kier alpha value is -0.0800. The average molecular weight is 263 g/mol. The van der Waals surface area contributed by atoms with Gasteiger partial charge in [0.1, 0.15) is 0 Å². The van der Waals surface area contributed by atoms with Crippen LogP contribution in [0.2, 0.25) is 0 Å². The highest BCUT2D eigenvalue weighted by molar-refractivity contribution is 5.03. The molecule has 0 amide bonds. The van der Waals surface area contributed by atoms with Crippen LogP contribution in [-0.2, 0) is 4.74 Å². The molecule has 2 heteroatoms. The molecule has 1 heterocycles. The Morgan fingerprint density at radius 3 is 2.37 bits per heavy atom. The molecule has 0 aromatic heterocycles. The van der Waals surface area contributed by atoms with Crippen LogP contribution < -0.4 is 5.32 Å². The zero-order chi connectivity index (χ0) is 12.8. The number of rotatable bonds is 2. The molecule has 4 fully saturated rings. The van der Waals surface area contributed by atoms with E-state index in [4.69, 9.17) is 4.74 Å². The Bertz CT molecular complexity index is 330. The molecule has 0 radical (unpaired) electrons. The van der Waals surface area contributed by atoms with Crippen molar-refractivity contribution < 1.29 is 4.74 Å². The Morgan fingerprint density at radius 1 is 0.842 bits per heavy atom. The van der Waals surface area contributed by atoms with Crippen molar-refractivity contribution in [2.45, 2.75) is 94.7 Å². The first-order valence-electron chi connectivity index (χ1n) is 8.70. The third kappa shape index (κ3) is 2.15. The van der Waals surface area contributed by atoms with Crippen molar-refractivity contribution in [2.24, 2.45) is 5.41 Å². The third-order valence-corrected chi connectivity index (χ3v) is 6.70. The first-order valence-corrected chi connectivity index (χ1v) is 8.70. The Morgan fingerprint density at radius 2 is 1.63 bits per heavy atom. The Labute approximate surface area is 117 Å². The van der Waals surface area contributed by atoms with Crippen molar-refractivity contribution in [1.82, 2.24) is 5.32 Å². The molecule has 1 saturated heterocycles. The van der Waals surface area contributed by atoms with Gasteiger partial charge in [0.2, 0.25) is 0 Å².